The molecule has 156 valence electrons. The molecule has 31 heavy (non-hydrogen) atoms. The van der Waals surface area contributed by atoms with E-state index in [2.05, 4.69) is 26.2 Å². The number of rotatable bonds is 4. The molecule has 2 amide bonds. The Morgan fingerprint density at radius 2 is 1.81 bits per heavy atom. The molecule has 1 atom stereocenters. The monoisotopic (exact) mass is 495 g/mol. The predicted octanol–water partition coefficient (Wildman–Crippen LogP) is 4.84. The van der Waals surface area contributed by atoms with E-state index in [4.69, 9.17) is 0 Å². The van der Waals surface area contributed by atoms with Crippen molar-refractivity contribution >= 4 is 62.0 Å². The van der Waals surface area contributed by atoms with Crippen LogP contribution in [-0.2, 0) is 16.1 Å². The van der Waals surface area contributed by atoms with Gasteiger partial charge in [0, 0.05) is 22.4 Å². The Kier molecular flexibility index (Phi) is 6.11. The minimum Gasteiger partial charge on any atom is -0.324 e. The van der Waals surface area contributed by atoms with Crippen LogP contribution in [0.4, 0.5) is 11.4 Å². The fraction of sp³-hybridized carbons (Fsp3) is 0.130. The lowest BCUT2D eigenvalue weighted by Gasteiger charge is -2.29. The van der Waals surface area contributed by atoms with Crippen molar-refractivity contribution in [2.24, 2.45) is 4.99 Å². The molecule has 1 unspecified atom stereocenters. The normalized spacial score (nSPS) is 15.5. The summed E-state index contributed by atoms with van der Waals surface area (Å²) in [6.07, 6.45) is 0. The molecule has 1 aliphatic rings. The molecule has 0 bridgehead atoms. The quantitative estimate of drug-likeness (QED) is 0.415. The first-order valence-electron chi connectivity index (χ1n) is 9.52. The number of hydrogen-bond donors (Lipinski definition) is 1. The molecule has 2 aromatic carbocycles. The second-order valence-electron chi connectivity index (χ2n) is 7.02. The van der Waals surface area contributed by atoms with Crippen LogP contribution < -0.4 is 5.32 Å². The highest BCUT2D eigenvalue weighted by Crippen LogP contribution is 2.28. The van der Waals surface area contributed by atoms with Crippen LogP contribution in [0.1, 0.15) is 22.2 Å². The topological polar surface area (TPSA) is 78.8 Å². The second kappa shape index (κ2) is 8.95. The Morgan fingerprint density at radius 3 is 2.52 bits per heavy atom. The number of anilines is 1. The van der Waals surface area contributed by atoms with Crippen molar-refractivity contribution in [3.8, 4) is 0 Å². The van der Waals surface area contributed by atoms with Gasteiger partial charge in [0.05, 0.1) is 10.6 Å². The molecule has 0 fully saturated rings. The van der Waals surface area contributed by atoms with Crippen LogP contribution in [0.5, 0.6) is 0 Å². The molecule has 1 N–H and O–H groups in total. The van der Waals surface area contributed by atoms with Crippen LogP contribution in [0.3, 0.4) is 0 Å². The maximum absolute atomic E-state index is 13.3. The number of thiophene rings is 1. The van der Waals surface area contributed by atoms with Crippen LogP contribution in [0, 0.1) is 0 Å². The number of ketones is 1. The van der Waals surface area contributed by atoms with E-state index in [1.807, 2.05) is 36.4 Å². The van der Waals surface area contributed by atoms with Crippen LogP contribution in [-0.4, -0.2) is 34.3 Å². The maximum Gasteiger partial charge on any atom is 0.297 e. The third kappa shape index (κ3) is 4.50. The molecular weight excluding hydrogens is 478 g/mol. The van der Waals surface area contributed by atoms with E-state index in [0.717, 1.165) is 10.0 Å². The summed E-state index contributed by atoms with van der Waals surface area (Å²) >= 11 is 4.56. The zero-order chi connectivity index (χ0) is 22.0. The highest BCUT2D eigenvalue weighted by Gasteiger charge is 2.37. The second-order valence-corrected chi connectivity index (χ2v) is 8.88. The Balaban J connectivity index is 1.71. The van der Waals surface area contributed by atoms with Crippen molar-refractivity contribution in [3.05, 3.63) is 81.0 Å². The van der Waals surface area contributed by atoms with Crippen molar-refractivity contribution < 1.29 is 14.4 Å². The van der Waals surface area contributed by atoms with Crippen molar-refractivity contribution in [1.82, 2.24) is 4.90 Å². The summed E-state index contributed by atoms with van der Waals surface area (Å²) < 4.78 is 0.881. The Bertz CT molecular complexity index is 1170. The van der Waals surface area contributed by atoms with Gasteiger partial charge in [-0.05, 0) is 54.3 Å². The van der Waals surface area contributed by atoms with Gasteiger partial charge in [0.1, 0.15) is 6.04 Å². The molecule has 8 heteroatoms. The lowest BCUT2D eigenvalue weighted by atomic mass is 10.1. The Hall–Kier alpha value is -3.10. The number of aliphatic imine (C=N–C) groups is 1. The molecule has 0 saturated carbocycles. The van der Waals surface area contributed by atoms with Gasteiger partial charge in [0.2, 0.25) is 0 Å². The third-order valence-electron chi connectivity index (χ3n) is 4.90. The first kappa shape index (κ1) is 21.1. The SMILES string of the molecule is CC1=Nc2ccccc2CN(C(=O)C(=O)c2cccs2)C1C(=O)Nc1ccc(Br)cc1. The van der Waals surface area contributed by atoms with Crippen LogP contribution in [0.15, 0.2) is 75.5 Å². The highest BCUT2D eigenvalue weighted by molar-refractivity contribution is 9.10. The molecule has 4 rings (SSSR count). The summed E-state index contributed by atoms with van der Waals surface area (Å²) in [5.41, 5.74) is 2.47. The summed E-state index contributed by atoms with van der Waals surface area (Å²) in [6.45, 7) is 1.80. The van der Waals surface area contributed by atoms with Gasteiger partial charge in [-0.1, -0.05) is 40.2 Å². The predicted molar refractivity (Wildman–Crippen MR) is 125 cm³/mol. The molecule has 3 aromatic rings. The first-order valence-corrected chi connectivity index (χ1v) is 11.2. The van der Waals surface area contributed by atoms with Crippen molar-refractivity contribution in [2.75, 3.05) is 5.32 Å². The lowest BCUT2D eigenvalue weighted by molar-refractivity contribution is -0.133. The van der Waals surface area contributed by atoms with Crippen molar-refractivity contribution in [3.63, 3.8) is 0 Å². The van der Waals surface area contributed by atoms with E-state index in [9.17, 15) is 14.4 Å². The standard InChI is InChI=1S/C23H18BrN3O3S/c1-14-20(22(29)26-17-10-8-16(24)9-11-17)27(13-15-5-2-3-6-18(15)25-14)23(30)21(28)19-7-4-12-31-19/h2-12,20H,13H2,1H3,(H,26,29). The Labute approximate surface area is 191 Å². The van der Waals surface area contributed by atoms with Crippen LogP contribution in [0.2, 0.25) is 0 Å². The number of amides is 2. The number of nitrogens with one attached hydrogen (secondary N) is 1. The van der Waals surface area contributed by atoms with Crippen molar-refractivity contribution in [1.29, 1.82) is 0 Å². The summed E-state index contributed by atoms with van der Waals surface area (Å²) in [6, 6.07) is 16.8. The number of nitrogens with zero attached hydrogens (tertiary/aromatic N) is 2. The minimum absolute atomic E-state index is 0.103. The highest BCUT2D eigenvalue weighted by atomic mass is 79.9. The smallest absolute Gasteiger partial charge is 0.297 e. The average Bonchev–Trinajstić information content (AvgIpc) is 3.25. The third-order valence-corrected chi connectivity index (χ3v) is 6.29. The van der Waals surface area contributed by atoms with Gasteiger partial charge in [-0.3, -0.25) is 19.4 Å². The van der Waals surface area contributed by atoms with E-state index in [-0.39, 0.29) is 6.54 Å². The molecule has 1 aromatic heterocycles. The zero-order valence-electron chi connectivity index (χ0n) is 16.5. The van der Waals surface area contributed by atoms with Gasteiger partial charge in [-0.15, -0.1) is 11.3 Å². The van der Waals surface area contributed by atoms with Gasteiger partial charge >= 0.3 is 0 Å². The molecule has 0 saturated heterocycles. The van der Waals surface area contributed by atoms with Crippen LogP contribution >= 0.6 is 27.3 Å². The average molecular weight is 496 g/mol. The fourth-order valence-electron chi connectivity index (χ4n) is 3.41. The van der Waals surface area contributed by atoms with Crippen LogP contribution in [0.25, 0.3) is 0 Å². The number of benzene rings is 2. The maximum atomic E-state index is 13.3. The number of halogens is 1. The fourth-order valence-corrected chi connectivity index (χ4v) is 4.33. The lowest BCUT2D eigenvalue weighted by Crippen LogP contribution is -2.52. The molecule has 1 aliphatic heterocycles. The number of hydrogen-bond acceptors (Lipinski definition) is 5. The number of carbonyl (C=O) groups excluding carboxylic acids is 3. The summed E-state index contributed by atoms with van der Waals surface area (Å²) in [4.78, 5) is 45.6. The van der Waals surface area contributed by atoms with Gasteiger partial charge in [-0.25, -0.2) is 0 Å². The molecule has 6 nitrogen and oxygen atoms in total. The number of Topliss-reactive ketones (excluding diaryl/α,β-unsaturated/α-hetero) is 1. The molecule has 0 aliphatic carbocycles. The molecule has 2 heterocycles. The van der Waals surface area contributed by atoms with Gasteiger partial charge in [0.25, 0.3) is 17.6 Å². The zero-order valence-corrected chi connectivity index (χ0v) is 18.9. The minimum atomic E-state index is -1.02. The van der Waals surface area contributed by atoms with E-state index in [1.165, 1.54) is 16.2 Å². The summed E-state index contributed by atoms with van der Waals surface area (Å²) in [5, 5.41) is 4.58. The van der Waals surface area contributed by atoms with Gasteiger partial charge in [0.15, 0.2) is 0 Å². The van der Waals surface area contributed by atoms with E-state index in [1.54, 1.807) is 36.6 Å². The van der Waals surface area contributed by atoms with Gasteiger partial charge < -0.3 is 10.2 Å². The molecular formula is C23H18BrN3O3S. The largest absolute Gasteiger partial charge is 0.324 e. The molecule has 0 radical (unpaired) electrons. The Morgan fingerprint density at radius 1 is 1.06 bits per heavy atom. The number of carbonyl (C=O) groups is 3. The number of para-hydroxylation sites is 1. The summed E-state index contributed by atoms with van der Waals surface area (Å²) in [5.74, 6) is -1.79. The van der Waals surface area contributed by atoms with E-state index >= 15 is 0 Å². The number of fused-ring (bicyclic) bond motifs is 1. The van der Waals surface area contributed by atoms with E-state index in [0.29, 0.717) is 22.0 Å². The molecule has 0 spiro atoms. The van der Waals surface area contributed by atoms with Crippen molar-refractivity contribution in [2.45, 2.75) is 19.5 Å². The summed E-state index contributed by atoms with van der Waals surface area (Å²) in [7, 11) is 0. The van der Waals surface area contributed by atoms with E-state index < -0.39 is 23.6 Å². The first-order chi connectivity index (χ1) is 14.9. The van der Waals surface area contributed by atoms with Gasteiger partial charge in [-0.2, -0.15) is 0 Å².